The first-order valence-corrected chi connectivity index (χ1v) is 12.4. The molecule has 0 aliphatic rings. The van der Waals surface area contributed by atoms with Crippen LogP contribution in [0.3, 0.4) is 0 Å². The van der Waals surface area contributed by atoms with E-state index in [1.807, 2.05) is 27.0 Å². The van der Waals surface area contributed by atoms with E-state index in [1.54, 1.807) is 70.3 Å². The van der Waals surface area contributed by atoms with Gasteiger partial charge in [-0.05, 0) is 54.4 Å². The summed E-state index contributed by atoms with van der Waals surface area (Å²) in [4.78, 5) is 17.2. The number of carbonyl (C=O) groups is 1. The van der Waals surface area contributed by atoms with Gasteiger partial charge in [0.05, 0.1) is 40.1 Å². The van der Waals surface area contributed by atoms with Crippen molar-refractivity contribution in [3.63, 3.8) is 0 Å². The van der Waals surface area contributed by atoms with Gasteiger partial charge >= 0.3 is 6.03 Å². The highest BCUT2D eigenvalue weighted by atomic mass is 19.1. The number of nitriles is 1. The van der Waals surface area contributed by atoms with Gasteiger partial charge in [-0.3, -0.25) is 15.0 Å². The van der Waals surface area contributed by atoms with E-state index in [1.165, 1.54) is 12.1 Å². The maximum Gasteiger partial charge on any atom is 0.324 e. The fourth-order valence-corrected chi connectivity index (χ4v) is 3.95. The summed E-state index contributed by atoms with van der Waals surface area (Å²) < 4.78 is 24.0. The zero-order chi connectivity index (χ0) is 28.2. The van der Waals surface area contributed by atoms with E-state index >= 15 is 0 Å². The molecule has 3 heterocycles. The largest absolute Gasteiger partial charge is 0.457 e. The van der Waals surface area contributed by atoms with Crippen molar-refractivity contribution < 1.29 is 13.9 Å². The van der Waals surface area contributed by atoms with E-state index in [2.05, 4.69) is 31.9 Å². The third kappa shape index (κ3) is 5.66. The molecule has 0 fully saturated rings. The number of anilines is 2. The first-order chi connectivity index (χ1) is 19.3. The zero-order valence-corrected chi connectivity index (χ0v) is 22.0. The number of aromatic nitrogens is 5. The minimum Gasteiger partial charge on any atom is -0.457 e. The Morgan fingerprint density at radius 3 is 2.45 bits per heavy atom. The number of hydrogen-bond donors (Lipinski definition) is 2. The van der Waals surface area contributed by atoms with Crippen molar-refractivity contribution in [3.05, 3.63) is 96.2 Å². The lowest BCUT2D eigenvalue weighted by atomic mass is 10.1. The van der Waals surface area contributed by atoms with Gasteiger partial charge in [-0.15, -0.1) is 0 Å². The van der Waals surface area contributed by atoms with Gasteiger partial charge in [0.1, 0.15) is 23.1 Å². The van der Waals surface area contributed by atoms with E-state index in [0.29, 0.717) is 28.5 Å². The molecule has 0 atom stereocenters. The lowest BCUT2D eigenvalue weighted by molar-refractivity contribution is 0.262. The van der Waals surface area contributed by atoms with Gasteiger partial charge in [-0.1, -0.05) is 13.8 Å². The third-order valence-corrected chi connectivity index (χ3v) is 6.04. The number of halogens is 1. The van der Waals surface area contributed by atoms with Crippen LogP contribution in [0.1, 0.15) is 31.0 Å². The van der Waals surface area contributed by atoms with Crippen LogP contribution in [-0.4, -0.2) is 30.6 Å². The van der Waals surface area contributed by atoms with Crippen molar-refractivity contribution in [2.45, 2.75) is 19.8 Å². The maximum atomic E-state index is 14.9. The molecule has 0 aliphatic carbocycles. The van der Waals surface area contributed by atoms with Crippen molar-refractivity contribution >= 4 is 17.5 Å². The van der Waals surface area contributed by atoms with E-state index in [4.69, 9.17) is 10.00 Å². The Bertz CT molecular complexity index is 1720. The minimum absolute atomic E-state index is 0.0244. The Balaban J connectivity index is 1.30. The van der Waals surface area contributed by atoms with Crippen LogP contribution in [0.25, 0.3) is 17.1 Å². The predicted octanol–water partition coefficient (Wildman–Crippen LogP) is 6.24. The Hall–Kier alpha value is -5.50. The Morgan fingerprint density at radius 2 is 1.77 bits per heavy atom. The second kappa shape index (κ2) is 11.1. The van der Waals surface area contributed by atoms with E-state index < -0.39 is 11.8 Å². The summed E-state index contributed by atoms with van der Waals surface area (Å²) in [7, 11) is 1.81. The molecule has 0 bridgehead atoms. The number of hydrogen-bond acceptors (Lipinski definition) is 6. The number of amides is 2. The quantitative estimate of drug-likeness (QED) is 0.254. The molecule has 0 aliphatic heterocycles. The second-order valence-corrected chi connectivity index (χ2v) is 9.22. The van der Waals surface area contributed by atoms with Crippen LogP contribution in [-0.2, 0) is 7.05 Å². The lowest BCUT2D eigenvalue weighted by Gasteiger charge is -2.12. The summed E-state index contributed by atoms with van der Waals surface area (Å²) in [5.74, 6) is 0.561. The second-order valence-electron chi connectivity index (χ2n) is 9.22. The molecule has 40 heavy (non-hydrogen) atoms. The molecular formula is C29H25FN8O2. The standard InChI is InChI=1S/C29H25FN8O2/c1-18(2)25-16-28(38(36-25)20-6-4-19(17-31)5-7-20)35-29(39)34-24-9-8-21(14-23(24)30)40-22-10-12-32-26(15-22)27-11-13-33-37(27)3/h4-16,18H,1-3H3,(H2,34,35,39). The minimum atomic E-state index is -0.669. The zero-order valence-electron chi connectivity index (χ0n) is 22.0. The van der Waals surface area contributed by atoms with Gasteiger partial charge in [0.25, 0.3) is 0 Å². The van der Waals surface area contributed by atoms with Crippen LogP contribution >= 0.6 is 0 Å². The summed E-state index contributed by atoms with van der Waals surface area (Å²) in [5.41, 5.74) is 3.38. The van der Waals surface area contributed by atoms with Gasteiger partial charge < -0.3 is 10.1 Å². The number of benzene rings is 2. The highest BCUT2D eigenvalue weighted by Crippen LogP contribution is 2.28. The fourth-order valence-electron chi connectivity index (χ4n) is 3.95. The molecular weight excluding hydrogens is 511 g/mol. The highest BCUT2D eigenvalue weighted by Gasteiger charge is 2.16. The van der Waals surface area contributed by atoms with Crippen LogP contribution in [0.5, 0.6) is 11.5 Å². The number of pyridine rings is 1. The number of nitrogens with zero attached hydrogens (tertiary/aromatic N) is 6. The molecule has 11 heteroatoms. The van der Waals surface area contributed by atoms with Crippen molar-refractivity contribution in [2.24, 2.45) is 7.05 Å². The average Bonchev–Trinajstić information content (AvgIpc) is 3.57. The highest BCUT2D eigenvalue weighted by molar-refractivity contribution is 5.99. The Morgan fingerprint density at radius 1 is 1.00 bits per heavy atom. The van der Waals surface area contributed by atoms with Crippen LogP contribution < -0.4 is 15.4 Å². The molecule has 2 amide bonds. The molecule has 0 radical (unpaired) electrons. The number of ether oxygens (including phenoxy) is 1. The van der Waals surface area contributed by atoms with Gasteiger partial charge in [-0.25, -0.2) is 13.9 Å². The molecule has 0 unspecified atom stereocenters. The average molecular weight is 537 g/mol. The summed E-state index contributed by atoms with van der Waals surface area (Å²) in [6, 6.07) is 19.4. The molecule has 5 aromatic rings. The van der Waals surface area contributed by atoms with E-state index in [9.17, 15) is 9.18 Å². The van der Waals surface area contributed by atoms with Gasteiger partial charge in [-0.2, -0.15) is 15.5 Å². The maximum absolute atomic E-state index is 14.9. The number of carbonyl (C=O) groups excluding carboxylic acids is 1. The molecule has 5 rings (SSSR count). The lowest BCUT2D eigenvalue weighted by Crippen LogP contribution is -2.22. The molecule has 10 nitrogen and oxygen atoms in total. The molecule has 0 saturated heterocycles. The van der Waals surface area contributed by atoms with Crippen molar-refractivity contribution in [1.29, 1.82) is 5.26 Å². The number of urea groups is 1. The molecule has 3 aromatic heterocycles. The number of rotatable bonds is 7. The number of aryl methyl sites for hydroxylation is 1. The normalized spacial score (nSPS) is 10.8. The fraction of sp³-hybridized carbons (Fsp3) is 0.138. The van der Waals surface area contributed by atoms with Crippen LogP contribution in [0.4, 0.5) is 20.7 Å². The van der Waals surface area contributed by atoms with Crippen molar-refractivity contribution in [2.75, 3.05) is 10.6 Å². The first kappa shape index (κ1) is 26.1. The molecule has 200 valence electrons. The van der Waals surface area contributed by atoms with E-state index in [0.717, 1.165) is 11.4 Å². The van der Waals surface area contributed by atoms with Gasteiger partial charge in [0.15, 0.2) is 0 Å². The monoisotopic (exact) mass is 536 g/mol. The summed E-state index contributed by atoms with van der Waals surface area (Å²) in [6.07, 6.45) is 3.27. The molecule has 2 N–H and O–H groups in total. The summed E-state index contributed by atoms with van der Waals surface area (Å²) in [6.45, 7) is 3.97. The van der Waals surface area contributed by atoms with Crippen molar-refractivity contribution in [3.8, 4) is 34.6 Å². The van der Waals surface area contributed by atoms with Crippen LogP contribution in [0, 0.1) is 17.1 Å². The number of nitrogens with one attached hydrogen (secondary N) is 2. The van der Waals surface area contributed by atoms with Crippen LogP contribution in [0.15, 0.2) is 79.1 Å². The Labute approximate surface area is 229 Å². The van der Waals surface area contributed by atoms with Gasteiger partial charge in [0, 0.05) is 37.6 Å². The van der Waals surface area contributed by atoms with Crippen LogP contribution in [0.2, 0.25) is 0 Å². The molecule has 2 aromatic carbocycles. The SMILES string of the molecule is CC(C)c1cc(NC(=O)Nc2ccc(Oc3ccnc(-c4ccnn4C)c3)cc2F)n(-c2ccc(C#N)cc2)n1. The van der Waals surface area contributed by atoms with Crippen molar-refractivity contribution in [1.82, 2.24) is 24.5 Å². The third-order valence-electron chi connectivity index (χ3n) is 6.04. The first-order valence-electron chi connectivity index (χ1n) is 12.4. The summed E-state index contributed by atoms with van der Waals surface area (Å²) >= 11 is 0. The smallest absolute Gasteiger partial charge is 0.324 e. The summed E-state index contributed by atoms with van der Waals surface area (Å²) in [5, 5.41) is 23.1. The Kier molecular flexibility index (Phi) is 7.24. The van der Waals surface area contributed by atoms with Gasteiger partial charge in [0.2, 0.25) is 0 Å². The molecule has 0 spiro atoms. The predicted molar refractivity (Wildman–Crippen MR) is 148 cm³/mol. The molecule has 0 saturated carbocycles. The van der Waals surface area contributed by atoms with E-state index in [-0.39, 0.29) is 17.4 Å². The topological polar surface area (TPSA) is 123 Å².